The van der Waals surface area contributed by atoms with Crippen molar-refractivity contribution in [3.05, 3.63) is 35.9 Å². The summed E-state index contributed by atoms with van der Waals surface area (Å²) in [6, 6.07) is 8.60. The highest BCUT2D eigenvalue weighted by Gasteiger charge is 2.32. The van der Waals surface area contributed by atoms with Crippen LogP contribution < -0.4 is 0 Å². The molecule has 0 spiro atoms. The third-order valence-corrected chi connectivity index (χ3v) is 3.33. The minimum atomic E-state index is -0.725. The average molecular weight is 323 g/mol. The molecule has 0 aliphatic carbocycles. The highest BCUT2D eigenvalue weighted by molar-refractivity contribution is 5.81. The third kappa shape index (κ3) is 6.28. The van der Waals surface area contributed by atoms with Crippen molar-refractivity contribution in [3.8, 4) is 0 Å². The van der Waals surface area contributed by atoms with Gasteiger partial charge in [0, 0.05) is 20.1 Å². The van der Waals surface area contributed by atoms with Crippen molar-refractivity contribution < 1.29 is 24.2 Å². The van der Waals surface area contributed by atoms with Gasteiger partial charge in [-0.05, 0) is 11.5 Å². The Kier molecular flexibility index (Phi) is 8.11. The van der Waals surface area contributed by atoms with E-state index in [1.165, 1.54) is 11.9 Å². The Bertz CT molecular complexity index is 489. The highest BCUT2D eigenvalue weighted by atomic mass is 16.6. The molecule has 0 aromatic heterocycles. The number of esters is 1. The summed E-state index contributed by atoms with van der Waals surface area (Å²) in [6.45, 7) is 3.90. The van der Waals surface area contributed by atoms with Crippen LogP contribution in [0.2, 0.25) is 0 Å². The van der Waals surface area contributed by atoms with Crippen LogP contribution in [0.25, 0.3) is 0 Å². The zero-order valence-electron chi connectivity index (χ0n) is 13.9. The molecule has 0 radical (unpaired) electrons. The maximum absolute atomic E-state index is 12.2. The van der Waals surface area contributed by atoms with Gasteiger partial charge in [-0.3, -0.25) is 4.90 Å². The summed E-state index contributed by atoms with van der Waals surface area (Å²) < 4.78 is 10.3. The monoisotopic (exact) mass is 323 g/mol. The van der Waals surface area contributed by atoms with Crippen molar-refractivity contribution >= 4 is 12.1 Å². The predicted molar refractivity (Wildman–Crippen MR) is 85.7 cm³/mol. The van der Waals surface area contributed by atoms with Crippen LogP contribution in [0.15, 0.2) is 30.3 Å². The number of nitrogens with zero attached hydrogens (tertiary/aromatic N) is 1. The van der Waals surface area contributed by atoms with E-state index in [4.69, 9.17) is 14.6 Å². The van der Waals surface area contributed by atoms with Gasteiger partial charge in [0.25, 0.3) is 0 Å². The van der Waals surface area contributed by atoms with Crippen LogP contribution in [0.3, 0.4) is 0 Å². The second-order valence-corrected chi connectivity index (χ2v) is 5.58. The fourth-order valence-electron chi connectivity index (χ4n) is 2.13. The number of hydrogen-bond donors (Lipinski definition) is 1. The Morgan fingerprint density at radius 2 is 1.83 bits per heavy atom. The number of ether oxygens (including phenoxy) is 2. The lowest BCUT2D eigenvalue weighted by Gasteiger charge is -2.28. The Morgan fingerprint density at radius 1 is 1.17 bits per heavy atom. The van der Waals surface area contributed by atoms with Crippen molar-refractivity contribution in [2.75, 3.05) is 20.3 Å². The first-order chi connectivity index (χ1) is 11.0. The molecular weight excluding hydrogens is 298 g/mol. The average Bonchev–Trinajstić information content (AvgIpc) is 2.53. The van der Waals surface area contributed by atoms with Crippen molar-refractivity contribution in [2.45, 2.75) is 32.9 Å². The summed E-state index contributed by atoms with van der Waals surface area (Å²) in [7, 11) is 1.52. The van der Waals surface area contributed by atoms with Crippen LogP contribution in [0.1, 0.15) is 25.8 Å². The maximum Gasteiger partial charge on any atom is 0.410 e. The van der Waals surface area contributed by atoms with E-state index >= 15 is 0 Å². The third-order valence-electron chi connectivity index (χ3n) is 3.33. The molecule has 0 bridgehead atoms. The lowest BCUT2D eigenvalue weighted by molar-refractivity contribution is -0.151. The standard InChI is InChI=1S/C17H25NO5/c1-13(2)15(16(20)22-11-7-10-19)18(3)17(21)23-12-14-8-5-4-6-9-14/h4-6,8-9,13,15,19H,7,10-12H2,1-3H3/t15-/m0/s1. The van der Waals surface area contributed by atoms with Crippen molar-refractivity contribution in [1.29, 1.82) is 0 Å². The van der Waals surface area contributed by atoms with Crippen LogP contribution in [-0.4, -0.2) is 48.4 Å². The first-order valence-corrected chi connectivity index (χ1v) is 7.68. The molecule has 0 saturated heterocycles. The minimum absolute atomic E-state index is 0.0470. The topological polar surface area (TPSA) is 76.1 Å². The molecular formula is C17H25NO5. The number of hydrogen-bond acceptors (Lipinski definition) is 5. The van der Waals surface area contributed by atoms with Gasteiger partial charge in [0.05, 0.1) is 6.61 Å². The Morgan fingerprint density at radius 3 is 2.39 bits per heavy atom. The van der Waals surface area contributed by atoms with Crippen LogP contribution in [0.5, 0.6) is 0 Å². The summed E-state index contributed by atoms with van der Waals surface area (Å²) in [4.78, 5) is 25.5. The van der Waals surface area contributed by atoms with E-state index in [0.29, 0.717) is 6.42 Å². The number of aliphatic hydroxyl groups excluding tert-OH is 1. The van der Waals surface area contributed by atoms with Crippen LogP contribution in [-0.2, 0) is 20.9 Å². The van der Waals surface area contributed by atoms with Crippen molar-refractivity contribution in [2.24, 2.45) is 5.92 Å². The van der Waals surface area contributed by atoms with Gasteiger partial charge in [-0.1, -0.05) is 44.2 Å². The van der Waals surface area contributed by atoms with E-state index in [0.717, 1.165) is 5.56 Å². The number of aliphatic hydroxyl groups is 1. The Balaban J connectivity index is 2.59. The van der Waals surface area contributed by atoms with Gasteiger partial charge in [0.1, 0.15) is 12.6 Å². The molecule has 1 amide bonds. The molecule has 0 aliphatic rings. The lowest BCUT2D eigenvalue weighted by Crippen LogP contribution is -2.46. The first kappa shape index (κ1) is 19.0. The van der Waals surface area contributed by atoms with Crippen LogP contribution in [0, 0.1) is 5.92 Å². The van der Waals surface area contributed by atoms with Crippen molar-refractivity contribution in [1.82, 2.24) is 4.90 Å². The van der Waals surface area contributed by atoms with Gasteiger partial charge < -0.3 is 14.6 Å². The molecule has 0 fully saturated rings. The molecule has 1 rings (SSSR count). The van der Waals surface area contributed by atoms with E-state index in [2.05, 4.69) is 0 Å². The molecule has 0 aliphatic heterocycles. The van der Waals surface area contributed by atoms with Gasteiger partial charge >= 0.3 is 12.1 Å². The smallest absolute Gasteiger partial charge is 0.410 e. The van der Waals surface area contributed by atoms with Gasteiger partial charge in [0.15, 0.2) is 0 Å². The number of carbonyl (C=O) groups excluding carboxylic acids is 2. The Hall–Kier alpha value is -2.08. The summed E-state index contributed by atoms with van der Waals surface area (Å²) in [6.07, 6.45) is -0.203. The lowest BCUT2D eigenvalue weighted by atomic mass is 10.0. The molecule has 0 unspecified atom stereocenters. The molecule has 1 aromatic rings. The molecule has 0 saturated carbocycles. The number of carbonyl (C=O) groups is 2. The fourth-order valence-corrected chi connectivity index (χ4v) is 2.13. The fraction of sp³-hybridized carbons (Fsp3) is 0.529. The molecule has 0 heterocycles. The number of rotatable bonds is 8. The SMILES string of the molecule is CC(C)[C@@H](C(=O)OCCCO)N(C)C(=O)OCc1ccccc1. The van der Waals surface area contributed by atoms with Crippen molar-refractivity contribution in [3.63, 3.8) is 0 Å². The predicted octanol–water partition coefficient (Wildman–Crippen LogP) is 2.21. The van der Waals surface area contributed by atoms with Gasteiger partial charge in [0.2, 0.25) is 0 Å². The second-order valence-electron chi connectivity index (χ2n) is 5.58. The maximum atomic E-state index is 12.2. The number of amides is 1. The highest BCUT2D eigenvalue weighted by Crippen LogP contribution is 2.13. The molecule has 128 valence electrons. The largest absolute Gasteiger partial charge is 0.464 e. The van der Waals surface area contributed by atoms with Crippen LogP contribution in [0.4, 0.5) is 4.79 Å². The van der Waals surface area contributed by atoms with Gasteiger partial charge in [-0.15, -0.1) is 0 Å². The molecule has 1 atom stereocenters. The molecule has 1 N–H and O–H groups in total. The summed E-state index contributed by atoms with van der Waals surface area (Å²) in [5, 5.41) is 8.73. The minimum Gasteiger partial charge on any atom is -0.464 e. The summed E-state index contributed by atoms with van der Waals surface area (Å²) >= 11 is 0. The van der Waals surface area contributed by atoms with Gasteiger partial charge in [-0.2, -0.15) is 0 Å². The zero-order chi connectivity index (χ0) is 17.2. The molecule has 1 aromatic carbocycles. The zero-order valence-corrected chi connectivity index (χ0v) is 13.9. The van der Waals surface area contributed by atoms with E-state index in [-0.39, 0.29) is 25.7 Å². The molecule has 6 nitrogen and oxygen atoms in total. The summed E-state index contributed by atoms with van der Waals surface area (Å²) in [5.74, 6) is -0.612. The number of likely N-dealkylation sites (N-methyl/N-ethyl adjacent to an activating group) is 1. The van der Waals surface area contributed by atoms with E-state index < -0.39 is 18.1 Å². The summed E-state index contributed by atoms with van der Waals surface area (Å²) in [5.41, 5.74) is 0.876. The van der Waals surface area contributed by atoms with E-state index in [9.17, 15) is 9.59 Å². The first-order valence-electron chi connectivity index (χ1n) is 7.68. The quantitative estimate of drug-likeness (QED) is 0.586. The normalized spacial score (nSPS) is 11.9. The van der Waals surface area contributed by atoms with E-state index in [1.807, 2.05) is 44.2 Å². The Labute approximate surface area is 137 Å². The molecule has 23 heavy (non-hydrogen) atoms. The van der Waals surface area contributed by atoms with E-state index in [1.54, 1.807) is 0 Å². The van der Waals surface area contributed by atoms with Gasteiger partial charge in [-0.25, -0.2) is 9.59 Å². The molecule has 6 heteroatoms. The number of benzene rings is 1. The second kappa shape index (κ2) is 9.84. The van der Waals surface area contributed by atoms with Crippen LogP contribution >= 0.6 is 0 Å².